The molecule has 6 nitrogen and oxygen atoms in total. The van der Waals surface area contributed by atoms with Gasteiger partial charge < -0.3 is 9.80 Å². The summed E-state index contributed by atoms with van der Waals surface area (Å²) in [5, 5.41) is 10.9. The van der Waals surface area contributed by atoms with Crippen LogP contribution in [0.3, 0.4) is 0 Å². The van der Waals surface area contributed by atoms with E-state index in [0.717, 1.165) is 50.6 Å². The third-order valence-corrected chi connectivity index (χ3v) is 5.34. The van der Waals surface area contributed by atoms with E-state index in [1.807, 2.05) is 11.9 Å². The van der Waals surface area contributed by atoms with E-state index in [2.05, 4.69) is 64.5 Å². The Labute approximate surface area is 155 Å². The molecular formula is C20H28N6. The Balaban J connectivity index is 1.71. The Bertz CT molecular complexity index is 733. The first kappa shape index (κ1) is 17.2. The zero-order valence-corrected chi connectivity index (χ0v) is 16.0. The van der Waals surface area contributed by atoms with Crippen LogP contribution >= 0.6 is 0 Å². The van der Waals surface area contributed by atoms with Crippen LogP contribution in [0.25, 0.3) is 0 Å². The molecule has 2 atom stereocenters. The van der Waals surface area contributed by atoms with Crippen LogP contribution in [0.2, 0.25) is 0 Å². The third kappa shape index (κ3) is 3.38. The van der Waals surface area contributed by atoms with E-state index >= 15 is 0 Å². The van der Waals surface area contributed by atoms with Gasteiger partial charge in [-0.1, -0.05) is 42.5 Å². The maximum absolute atomic E-state index is 4.90. The van der Waals surface area contributed by atoms with Crippen LogP contribution in [-0.4, -0.2) is 60.0 Å². The molecule has 0 bridgehead atoms. The van der Waals surface area contributed by atoms with Gasteiger partial charge in [-0.05, 0) is 38.3 Å². The molecular weight excluding hydrogens is 324 g/mol. The largest absolute Gasteiger partial charge is 0.366 e. The monoisotopic (exact) mass is 352 g/mol. The second kappa shape index (κ2) is 7.19. The number of nitrogens with zero attached hydrogens (tertiary/aromatic N) is 6. The minimum absolute atomic E-state index is 0.133. The molecule has 3 heterocycles. The first-order valence-corrected chi connectivity index (χ1v) is 9.62. The number of fused-ring (bicyclic) bond motifs is 1. The van der Waals surface area contributed by atoms with E-state index in [-0.39, 0.29) is 6.17 Å². The maximum Gasteiger partial charge on any atom is 0.176 e. The number of amidine groups is 1. The van der Waals surface area contributed by atoms with Gasteiger partial charge in [-0.15, -0.1) is 5.11 Å². The standard InChI is InChI=1S/C20H28N6/c1-15-8-9-18(25-12-10-24(3)11-13-25)20-21-16(2)22-23-26(20)19(14-15)17-6-4-5-7-17/h4-6,9,14-16H,7-8,10-13H2,1-3H3. The number of hydrogen-bond donors (Lipinski definition) is 0. The smallest absolute Gasteiger partial charge is 0.176 e. The van der Waals surface area contributed by atoms with Crippen LogP contribution in [0.15, 0.2) is 62.7 Å². The van der Waals surface area contributed by atoms with Gasteiger partial charge in [0.15, 0.2) is 12.0 Å². The molecule has 2 unspecified atom stereocenters. The molecule has 4 rings (SSSR count). The summed E-state index contributed by atoms with van der Waals surface area (Å²) in [6.45, 7) is 8.48. The van der Waals surface area contributed by atoms with Crippen molar-refractivity contribution in [2.24, 2.45) is 21.2 Å². The molecule has 26 heavy (non-hydrogen) atoms. The van der Waals surface area contributed by atoms with Crippen LogP contribution in [0.4, 0.5) is 0 Å². The fourth-order valence-electron chi connectivity index (χ4n) is 3.76. The lowest BCUT2D eigenvalue weighted by atomic mass is 9.99. The maximum atomic E-state index is 4.90. The summed E-state index contributed by atoms with van der Waals surface area (Å²) in [4.78, 5) is 9.75. The summed E-state index contributed by atoms with van der Waals surface area (Å²) >= 11 is 0. The van der Waals surface area contributed by atoms with Crippen molar-refractivity contribution in [1.82, 2.24) is 14.8 Å². The van der Waals surface area contributed by atoms with Crippen LogP contribution in [0.5, 0.6) is 0 Å². The van der Waals surface area contributed by atoms with Gasteiger partial charge in [0.05, 0.1) is 11.4 Å². The predicted molar refractivity (Wildman–Crippen MR) is 104 cm³/mol. The Morgan fingerprint density at radius 2 is 1.88 bits per heavy atom. The van der Waals surface area contributed by atoms with Gasteiger partial charge in [-0.3, -0.25) is 0 Å². The van der Waals surface area contributed by atoms with Crippen molar-refractivity contribution in [3.8, 4) is 0 Å². The molecule has 1 fully saturated rings. The molecule has 1 aliphatic carbocycles. The lowest BCUT2D eigenvalue weighted by Crippen LogP contribution is -2.47. The van der Waals surface area contributed by atoms with Gasteiger partial charge in [0.1, 0.15) is 0 Å². The molecule has 0 aromatic carbocycles. The predicted octanol–water partition coefficient (Wildman–Crippen LogP) is 3.36. The highest BCUT2D eigenvalue weighted by Gasteiger charge is 2.31. The highest BCUT2D eigenvalue weighted by atomic mass is 15.6. The Kier molecular flexibility index (Phi) is 4.76. The molecule has 0 spiro atoms. The highest BCUT2D eigenvalue weighted by molar-refractivity contribution is 5.99. The average Bonchev–Trinajstić information content (AvgIpc) is 3.15. The molecule has 1 saturated heterocycles. The van der Waals surface area contributed by atoms with Crippen molar-refractivity contribution in [2.45, 2.75) is 32.9 Å². The third-order valence-electron chi connectivity index (χ3n) is 5.34. The first-order chi connectivity index (χ1) is 12.6. The first-order valence-electron chi connectivity index (χ1n) is 9.62. The molecule has 0 aromatic heterocycles. The molecule has 6 heteroatoms. The Morgan fingerprint density at radius 1 is 1.08 bits per heavy atom. The minimum Gasteiger partial charge on any atom is -0.366 e. The van der Waals surface area contributed by atoms with Gasteiger partial charge in [0, 0.05) is 26.2 Å². The number of likely N-dealkylation sites (N-methyl/N-ethyl adjacent to an activating group) is 1. The lowest BCUT2D eigenvalue weighted by Gasteiger charge is -2.39. The van der Waals surface area contributed by atoms with Gasteiger partial charge in [0.25, 0.3) is 0 Å². The summed E-state index contributed by atoms with van der Waals surface area (Å²) in [7, 11) is 2.19. The SMILES string of the molecule is CC1C=C(C2=CC=CC2)N2N=NC(C)N=C2C(N2CCN(C)CC2)=CC1. The molecule has 0 N–H and O–H groups in total. The van der Waals surface area contributed by atoms with Gasteiger partial charge >= 0.3 is 0 Å². The Hall–Kier alpha value is -2.21. The van der Waals surface area contributed by atoms with E-state index in [1.54, 1.807) is 0 Å². The summed E-state index contributed by atoms with van der Waals surface area (Å²) in [6, 6.07) is 0. The fourth-order valence-corrected chi connectivity index (χ4v) is 3.76. The summed E-state index contributed by atoms with van der Waals surface area (Å²) < 4.78 is 0. The average molecular weight is 352 g/mol. The van der Waals surface area contributed by atoms with Crippen molar-refractivity contribution in [1.29, 1.82) is 0 Å². The summed E-state index contributed by atoms with van der Waals surface area (Å²) in [5.41, 5.74) is 3.64. The molecule has 0 aromatic rings. The Morgan fingerprint density at radius 3 is 2.62 bits per heavy atom. The lowest BCUT2D eigenvalue weighted by molar-refractivity contribution is 0.189. The summed E-state index contributed by atoms with van der Waals surface area (Å²) in [5.74, 6) is 1.40. The van der Waals surface area contributed by atoms with E-state index < -0.39 is 0 Å². The number of aliphatic imine (C=N–C) groups is 1. The van der Waals surface area contributed by atoms with Gasteiger partial charge in [-0.25, -0.2) is 4.99 Å². The van der Waals surface area contributed by atoms with E-state index in [0.29, 0.717) is 5.92 Å². The van der Waals surface area contributed by atoms with Gasteiger partial charge in [0.2, 0.25) is 0 Å². The van der Waals surface area contributed by atoms with Crippen LogP contribution in [-0.2, 0) is 0 Å². The van der Waals surface area contributed by atoms with E-state index in [1.165, 1.54) is 11.3 Å². The topological polar surface area (TPSA) is 46.8 Å². The zero-order chi connectivity index (χ0) is 18.1. The van der Waals surface area contributed by atoms with Crippen molar-refractivity contribution < 1.29 is 0 Å². The normalized spacial score (nSPS) is 29.5. The molecule has 3 aliphatic heterocycles. The molecule has 0 radical (unpaired) electrons. The van der Waals surface area contributed by atoms with E-state index in [9.17, 15) is 0 Å². The van der Waals surface area contributed by atoms with Crippen LogP contribution < -0.4 is 0 Å². The van der Waals surface area contributed by atoms with Gasteiger partial charge in [-0.2, -0.15) is 5.01 Å². The fraction of sp³-hybridized carbons (Fsp3) is 0.550. The number of piperazine rings is 1. The quantitative estimate of drug-likeness (QED) is 0.766. The van der Waals surface area contributed by atoms with Crippen LogP contribution in [0, 0.1) is 5.92 Å². The highest BCUT2D eigenvalue weighted by Crippen LogP contribution is 2.32. The number of rotatable bonds is 2. The number of allylic oxidation sites excluding steroid dienone is 6. The second-order valence-electron chi connectivity index (χ2n) is 7.57. The molecule has 138 valence electrons. The molecule has 0 amide bonds. The van der Waals surface area contributed by atoms with Crippen molar-refractivity contribution in [3.05, 3.63) is 47.3 Å². The molecule has 4 aliphatic rings. The minimum atomic E-state index is -0.133. The molecule has 0 saturated carbocycles. The van der Waals surface area contributed by atoms with Crippen LogP contribution in [0.1, 0.15) is 26.7 Å². The zero-order valence-electron chi connectivity index (χ0n) is 16.0. The van der Waals surface area contributed by atoms with Crippen molar-refractivity contribution in [2.75, 3.05) is 33.2 Å². The van der Waals surface area contributed by atoms with Crippen molar-refractivity contribution in [3.63, 3.8) is 0 Å². The second-order valence-corrected chi connectivity index (χ2v) is 7.57. The van der Waals surface area contributed by atoms with Crippen molar-refractivity contribution >= 4 is 5.84 Å². The number of hydrogen-bond acceptors (Lipinski definition) is 6. The van der Waals surface area contributed by atoms with E-state index in [4.69, 9.17) is 4.99 Å². The summed E-state index contributed by atoms with van der Waals surface area (Å²) in [6.07, 6.45) is 13.0.